The van der Waals surface area contributed by atoms with E-state index in [9.17, 15) is 24.9 Å². The number of aliphatic hydroxyl groups excluding tert-OH is 3. The minimum atomic E-state index is -1.41. The minimum absolute atomic E-state index is 0.0311. The molecule has 124 valence electrons. The van der Waals surface area contributed by atoms with Crippen molar-refractivity contribution in [2.24, 2.45) is 0 Å². The van der Waals surface area contributed by atoms with Crippen molar-refractivity contribution in [3.8, 4) is 5.88 Å². The van der Waals surface area contributed by atoms with E-state index in [1.54, 1.807) is 0 Å². The highest BCUT2D eigenvalue weighted by Crippen LogP contribution is 2.28. The van der Waals surface area contributed by atoms with Gasteiger partial charge in [-0.25, -0.2) is 0 Å². The van der Waals surface area contributed by atoms with Crippen LogP contribution in [0.25, 0.3) is 0 Å². The molecule has 0 unspecified atom stereocenters. The summed E-state index contributed by atoms with van der Waals surface area (Å²) in [7, 11) is 1.30. The number of carbonyl (C=O) groups excluding carboxylic acids is 2. The zero-order valence-electron chi connectivity index (χ0n) is 12.0. The van der Waals surface area contributed by atoms with Gasteiger partial charge in [-0.3, -0.25) is 14.9 Å². The van der Waals surface area contributed by atoms with Crippen molar-refractivity contribution in [1.82, 2.24) is 10.3 Å². The van der Waals surface area contributed by atoms with E-state index in [1.807, 2.05) is 0 Å². The van der Waals surface area contributed by atoms with E-state index in [0.29, 0.717) is 0 Å². The minimum Gasteiger partial charge on any atom is -0.480 e. The molecule has 0 spiro atoms. The molecule has 10 heteroatoms. The fourth-order valence-electron chi connectivity index (χ4n) is 2.45. The Kier molecular flexibility index (Phi) is 3.90. The summed E-state index contributed by atoms with van der Waals surface area (Å²) in [6, 6.07) is 1.31. The predicted octanol–water partition coefficient (Wildman–Crippen LogP) is -2.18. The van der Waals surface area contributed by atoms with Gasteiger partial charge >= 0.3 is 0 Å². The molecule has 2 amide bonds. The summed E-state index contributed by atoms with van der Waals surface area (Å²) in [5.74, 6) is -1.14. The lowest BCUT2D eigenvalue weighted by molar-refractivity contribution is -0.178. The highest BCUT2D eigenvalue weighted by Gasteiger charge is 2.38. The van der Waals surface area contributed by atoms with E-state index in [1.165, 1.54) is 13.2 Å². The summed E-state index contributed by atoms with van der Waals surface area (Å²) in [5.41, 5.74) is 0.110. The quantitative estimate of drug-likeness (QED) is 0.391. The van der Waals surface area contributed by atoms with E-state index in [2.05, 4.69) is 15.6 Å². The van der Waals surface area contributed by atoms with Crippen LogP contribution in [-0.2, 0) is 4.74 Å². The molecule has 0 bridgehead atoms. The van der Waals surface area contributed by atoms with Crippen LogP contribution in [0.4, 0.5) is 5.82 Å². The van der Waals surface area contributed by atoms with Crippen molar-refractivity contribution in [3.63, 3.8) is 0 Å². The van der Waals surface area contributed by atoms with Crippen molar-refractivity contribution < 1.29 is 34.4 Å². The van der Waals surface area contributed by atoms with Gasteiger partial charge in [0.1, 0.15) is 29.7 Å². The standard InChI is InChI=1S/C13H15N3O7/c1-22-12-7-4(10(20)16-11(7)21)2-6(14-12)15-13-9(19)8(18)5(17)3-23-13/h2,5,8-9,13,17-19H,3H2,1H3,(H,14,15)(H,16,20,21)/t5-,8+,9-,13-/m1/s1. The van der Waals surface area contributed by atoms with Crippen LogP contribution in [-0.4, -0.2) is 70.4 Å². The predicted molar refractivity (Wildman–Crippen MR) is 74.0 cm³/mol. The fourth-order valence-corrected chi connectivity index (χ4v) is 2.45. The molecule has 1 saturated heterocycles. The molecule has 2 aliphatic rings. The third kappa shape index (κ3) is 2.61. The average Bonchev–Trinajstić information content (AvgIpc) is 2.82. The lowest BCUT2D eigenvalue weighted by atomic mass is 10.0. The zero-order chi connectivity index (χ0) is 16.7. The Balaban J connectivity index is 1.89. The molecule has 10 nitrogen and oxygen atoms in total. The molecule has 1 aromatic rings. The number of nitrogens with zero attached hydrogens (tertiary/aromatic N) is 1. The van der Waals surface area contributed by atoms with Gasteiger partial charge in [-0.15, -0.1) is 0 Å². The Hall–Kier alpha value is -2.27. The highest BCUT2D eigenvalue weighted by atomic mass is 16.5. The second kappa shape index (κ2) is 5.74. The Bertz CT molecular complexity index is 665. The van der Waals surface area contributed by atoms with Gasteiger partial charge in [-0.2, -0.15) is 4.98 Å². The number of rotatable bonds is 3. The second-order valence-electron chi connectivity index (χ2n) is 5.17. The number of aliphatic hydroxyl groups is 3. The first-order valence-electron chi connectivity index (χ1n) is 6.79. The smallest absolute Gasteiger partial charge is 0.264 e. The van der Waals surface area contributed by atoms with Crippen LogP contribution < -0.4 is 15.4 Å². The molecule has 2 aliphatic heterocycles. The molecule has 23 heavy (non-hydrogen) atoms. The van der Waals surface area contributed by atoms with Gasteiger partial charge in [0.15, 0.2) is 6.23 Å². The summed E-state index contributed by atoms with van der Waals surface area (Å²) in [6.45, 7) is -0.184. The normalized spacial score (nSPS) is 29.9. The van der Waals surface area contributed by atoms with Gasteiger partial charge in [0.2, 0.25) is 5.88 Å². The number of hydrogen-bond acceptors (Lipinski definition) is 9. The van der Waals surface area contributed by atoms with Gasteiger partial charge in [0.05, 0.1) is 19.3 Å². The highest BCUT2D eigenvalue weighted by molar-refractivity contribution is 6.22. The first-order valence-corrected chi connectivity index (χ1v) is 6.79. The number of anilines is 1. The van der Waals surface area contributed by atoms with E-state index in [4.69, 9.17) is 9.47 Å². The molecule has 0 aliphatic carbocycles. The SMILES string of the molecule is COc1nc(N[C@@H]2OC[C@@H](O)[C@H](O)[C@H]2O)cc2c1C(=O)NC2=O. The Morgan fingerprint density at radius 1 is 1.30 bits per heavy atom. The van der Waals surface area contributed by atoms with Crippen molar-refractivity contribution in [2.45, 2.75) is 24.5 Å². The number of nitrogens with one attached hydrogen (secondary N) is 2. The summed E-state index contributed by atoms with van der Waals surface area (Å²) in [6.07, 6.45) is -5.05. The van der Waals surface area contributed by atoms with E-state index >= 15 is 0 Å². The second-order valence-corrected chi connectivity index (χ2v) is 5.17. The maximum absolute atomic E-state index is 11.8. The molecule has 1 aromatic heterocycles. The molecular weight excluding hydrogens is 310 g/mol. The summed E-state index contributed by atoms with van der Waals surface area (Å²) in [5, 5.41) is 33.8. The number of methoxy groups -OCH3 is 1. The first kappa shape index (κ1) is 15.6. The largest absolute Gasteiger partial charge is 0.480 e. The van der Waals surface area contributed by atoms with Crippen LogP contribution in [0.15, 0.2) is 6.07 Å². The van der Waals surface area contributed by atoms with Gasteiger partial charge in [0.25, 0.3) is 11.8 Å². The van der Waals surface area contributed by atoms with Crippen molar-refractivity contribution in [3.05, 3.63) is 17.2 Å². The van der Waals surface area contributed by atoms with E-state index in [0.717, 1.165) is 0 Å². The summed E-state index contributed by atoms with van der Waals surface area (Å²) in [4.78, 5) is 27.5. The van der Waals surface area contributed by atoms with Gasteiger partial charge < -0.3 is 30.1 Å². The number of imide groups is 1. The molecule has 1 fully saturated rings. The van der Waals surface area contributed by atoms with Gasteiger partial charge in [-0.1, -0.05) is 0 Å². The topological polar surface area (TPSA) is 150 Å². The van der Waals surface area contributed by atoms with Crippen molar-refractivity contribution in [1.29, 1.82) is 0 Å². The Morgan fingerprint density at radius 3 is 2.74 bits per heavy atom. The molecule has 0 radical (unpaired) electrons. The monoisotopic (exact) mass is 325 g/mol. The Labute approximate surface area is 130 Å². The number of ether oxygens (including phenoxy) is 2. The fraction of sp³-hybridized carbons (Fsp3) is 0.462. The van der Waals surface area contributed by atoms with Crippen LogP contribution in [0.5, 0.6) is 5.88 Å². The van der Waals surface area contributed by atoms with Gasteiger partial charge in [-0.05, 0) is 6.07 Å². The van der Waals surface area contributed by atoms with E-state index < -0.39 is 36.4 Å². The first-order chi connectivity index (χ1) is 10.9. The van der Waals surface area contributed by atoms with Crippen LogP contribution in [0.1, 0.15) is 20.7 Å². The van der Waals surface area contributed by atoms with Crippen LogP contribution >= 0.6 is 0 Å². The lowest BCUT2D eigenvalue weighted by Gasteiger charge is -2.35. The maximum Gasteiger partial charge on any atom is 0.264 e. The van der Waals surface area contributed by atoms with E-state index in [-0.39, 0.29) is 29.4 Å². The van der Waals surface area contributed by atoms with Crippen LogP contribution in [0.3, 0.4) is 0 Å². The third-order valence-corrected chi connectivity index (χ3v) is 3.67. The molecular formula is C13H15N3O7. The number of amides is 2. The number of pyridine rings is 1. The molecule has 3 rings (SSSR count). The molecule has 0 aromatic carbocycles. The van der Waals surface area contributed by atoms with Crippen molar-refractivity contribution >= 4 is 17.6 Å². The lowest BCUT2D eigenvalue weighted by Crippen LogP contribution is -2.55. The van der Waals surface area contributed by atoms with Crippen molar-refractivity contribution in [2.75, 3.05) is 19.0 Å². The van der Waals surface area contributed by atoms with Gasteiger partial charge in [0, 0.05) is 0 Å². The summed E-state index contributed by atoms with van der Waals surface area (Å²) >= 11 is 0. The third-order valence-electron chi connectivity index (χ3n) is 3.67. The Morgan fingerprint density at radius 2 is 2.04 bits per heavy atom. The molecule has 5 N–H and O–H groups in total. The maximum atomic E-state index is 11.8. The van der Waals surface area contributed by atoms with Crippen LogP contribution in [0, 0.1) is 0 Å². The zero-order valence-corrected chi connectivity index (χ0v) is 12.0. The number of hydrogen-bond donors (Lipinski definition) is 5. The number of fused-ring (bicyclic) bond motifs is 1. The number of carbonyl (C=O) groups is 2. The number of aromatic nitrogens is 1. The molecule has 4 atom stereocenters. The van der Waals surface area contributed by atoms with Crippen LogP contribution in [0.2, 0.25) is 0 Å². The average molecular weight is 325 g/mol. The molecule has 3 heterocycles. The molecule has 0 saturated carbocycles. The summed E-state index contributed by atoms with van der Waals surface area (Å²) < 4.78 is 10.2.